The minimum atomic E-state index is -4.53. The van der Waals surface area contributed by atoms with E-state index < -0.39 is 17.8 Å². The zero-order valence-corrected chi connectivity index (χ0v) is 16.8. The third-order valence-corrected chi connectivity index (χ3v) is 5.84. The molecule has 1 aliphatic carbocycles. The fourth-order valence-corrected chi connectivity index (χ4v) is 4.08. The van der Waals surface area contributed by atoms with Crippen LogP contribution in [0.15, 0.2) is 24.5 Å². The SMILES string of the molecule is O=C(N[C@H]1CC[C@@H](n2cc(C(=O)N3CCCC3)nn2)CC1)c1ccc(C(F)(F)F)nc1. The van der Waals surface area contributed by atoms with Gasteiger partial charge in [0.15, 0.2) is 5.69 Å². The highest BCUT2D eigenvalue weighted by Crippen LogP contribution is 2.29. The Morgan fingerprint density at radius 2 is 1.77 bits per heavy atom. The molecule has 166 valence electrons. The number of rotatable bonds is 4. The van der Waals surface area contributed by atoms with E-state index in [1.54, 1.807) is 15.8 Å². The molecule has 1 aliphatic heterocycles. The summed E-state index contributed by atoms with van der Waals surface area (Å²) in [6.45, 7) is 1.51. The van der Waals surface area contributed by atoms with Crippen LogP contribution in [0.4, 0.5) is 13.2 Å². The number of aromatic nitrogens is 4. The number of hydrogen-bond donors (Lipinski definition) is 1. The zero-order chi connectivity index (χ0) is 22.0. The summed E-state index contributed by atoms with van der Waals surface area (Å²) in [6, 6.07) is 1.94. The predicted octanol–water partition coefficient (Wildman–Crippen LogP) is 2.84. The second kappa shape index (κ2) is 8.64. The van der Waals surface area contributed by atoms with Gasteiger partial charge in [-0.1, -0.05) is 5.21 Å². The number of pyridine rings is 1. The molecule has 2 aliphatic rings. The molecule has 11 heteroatoms. The largest absolute Gasteiger partial charge is 0.433 e. The first-order valence-corrected chi connectivity index (χ1v) is 10.4. The minimum absolute atomic E-state index is 0.0831. The molecular formula is C20H23F3N6O2. The Labute approximate surface area is 176 Å². The van der Waals surface area contributed by atoms with Crippen LogP contribution in [0.3, 0.4) is 0 Å². The highest BCUT2D eigenvalue weighted by Gasteiger charge is 2.32. The molecule has 2 aromatic rings. The lowest BCUT2D eigenvalue weighted by molar-refractivity contribution is -0.141. The summed E-state index contributed by atoms with van der Waals surface area (Å²) >= 11 is 0. The maximum atomic E-state index is 12.6. The van der Waals surface area contributed by atoms with Crippen LogP contribution in [0, 0.1) is 0 Å². The molecule has 2 fully saturated rings. The summed E-state index contributed by atoms with van der Waals surface area (Å²) < 4.78 is 39.5. The molecule has 3 heterocycles. The molecule has 8 nitrogen and oxygen atoms in total. The van der Waals surface area contributed by atoms with Crippen LogP contribution in [0.25, 0.3) is 0 Å². The Balaban J connectivity index is 1.29. The maximum Gasteiger partial charge on any atom is 0.433 e. The third-order valence-electron chi connectivity index (χ3n) is 5.84. The number of alkyl halides is 3. The average Bonchev–Trinajstić information content (AvgIpc) is 3.46. The second-order valence-corrected chi connectivity index (χ2v) is 7.99. The molecular weight excluding hydrogens is 413 g/mol. The van der Waals surface area contributed by atoms with Crippen LogP contribution in [0.2, 0.25) is 0 Å². The number of hydrogen-bond acceptors (Lipinski definition) is 5. The molecule has 2 amide bonds. The fraction of sp³-hybridized carbons (Fsp3) is 0.550. The Morgan fingerprint density at radius 1 is 1.06 bits per heavy atom. The first-order valence-electron chi connectivity index (χ1n) is 10.4. The van der Waals surface area contributed by atoms with Gasteiger partial charge in [0.25, 0.3) is 11.8 Å². The number of halogens is 3. The van der Waals surface area contributed by atoms with Gasteiger partial charge >= 0.3 is 6.18 Å². The number of amides is 2. The standard InChI is InChI=1S/C20H23F3N6O2/c21-20(22,23)17-8-3-13(11-24-17)18(30)25-14-4-6-15(7-5-14)29-12-16(26-27-29)19(31)28-9-1-2-10-28/h3,8,11-12,14-15H,1-2,4-7,9-10H2,(H,25,30)/t14-,15+. The van der Waals surface area contributed by atoms with Crippen LogP contribution < -0.4 is 5.32 Å². The number of carbonyl (C=O) groups excluding carboxylic acids is 2. The van der Waals surface area contributed by atoms with E-state index in [0.29, 0.717) is 18.5 Å². The van der Waals surface area contributed by atoms with E-state index in [2.05, 4.69) is 20.6 Å². The number of likely N-dealkylation sites (tertiary alicyclic amines) is 1. The summed E-state index contributed by atoms with van der Waals surface area (Å²) in [5.74, 6) is -0.529. The highest BCUT2D eigenvalue weighted by atomic mass is 19.4. The molecule has 0 atom stereocenters. The molecule has 31 heavy (non-hydrogen) atoms. The number of nitrogens with one attached hydrogen (secondary N) is 1. The van der Waals surface area contributed by atoms with Crippen molar-refractivity contribution < 1.29 is 22.8 Å². The molecule has 1 N–H and O–H groups in total. The van der Waals surface area contributed by atoms with E-state index >= 15 is 0 Å². The van der Waals surface area contributed by atoms with Gasteiger partial charge in [0.2, 0.25) is 0 Å². The third kappa shape index (κ3) is 4.86. The van der Waals surface area contributed by atoms with Gasteiger partial charge in [-0.15, -0.1) is 5.10 Å². The van der Waals surface area contributed by atoms with E-state index in [0.717, 1.165) is 57.1 Å². The van der Waals surface area contributed by atoms with Crippen LogP contribution in [0.5, 0.6) is 0 Å². The van der Waals surface area contributed by atoms with E-state index in [9.17, 15) is 22.8 Å². The number of carbonyl (C=O) groups is 2. The van der Waals surface area contributed by atoms with E-state index in [4.69, 9.17) is 0 Å². The topological polar surface area (TPSA) is 93.0 Å². The van der Waals surface area contributed by atoms with Crippen molar-refractivity contribution >= 4 is 11.8 Å². The van der Waals surface area contributed by atoms with Crippen LogP contribution in [-0.4, -0.2) is 55.8 Å². The Kier molecular flexibility index (Phi) is 5.92. The van der Waals surface area contributed by atoms with Gasteiger partial charge in [-0.25, -0.2) is 4.68 Å². The van der Waals surface area contributed by atoms with Gasteiger partial charge < -0.3 is 10.2 Å². The Morgan fingerprint density at radius 3 is 2.39 bits per heavy atom. The molecule has 0 unspecified atom stereocenters. The fourth-order valence-electron chi connectivity index (χ4n) is 4.08. The lowest BCUT2D eigenvalue weighted by atomic mass is 9.91. The van der Waals surface area contributed by atoms with E-state index in [1.807, 2.05) is 0 Å². The van der Waals surface area contributed by atoms with Gasteiger partial charge in [-0.2, -0.15) is 13.2 Å². The van der Waals surface area contributed by atoms with E-state index in [1.165, 1.54) is 0 Å². The summed E-state index contributed by atoms with van der Waals surface area (Å²) in [5, 5.41) is 11.0. The molecule has 0 bridgehead atoms. The van der Waals surface area contributed by atoms with Crippen LogP contribution >= 0.6 is 0 Å². The predicted molar refractivity (Wildman–Crippen MR) is 103 cm³/mol. The Bertz CT molecular complexity index is 929. The molecule has 0 radical (unpaired) electrons. The van der Waals surface area contributed by atoms with Crippen molar-refractivity contribution in [2.75, 3.05) is 13.1 Å². The minimum Gasteiger partial charge on any atom is -0.349 e. The first kappa shape index (κ1) is 21.3. The van der Waals surface area contributed by atoms with Gasteiger partial charge in [0.1, 0.15) is 5.69 Å². The number of nitrogens with zero attached hydrogens (tertiary/aromatic N) is 5. The van der Waals surface area contributed by atoms with Crippen LogP contribution in [0.1, 0.15) is 71.1 Å². The van der Waals surface area contributed by atoms with Crippen molar-refractivity contribution in [3.63, 3.8) is 0 Å². The average molecular weight is 436 g/mol. The van der Waals surface area contributed by atoms with Crippen molar-refractivity contribution in [1.82, 2.24) is 30.2 Å². The Hall–Kier alpha value is -2.98. The lowest BCUT2D eigenvalue weighted by Crippen LogP contribution is -2.38. The quantitative estimate of drug-likeness (QED) is 0.796. The van der Waals surface area contributed by atoms with Gasteiger partial charge in [-0.05, 0) is 50.7 Å². The highest BCUT2D eigenvalue weighted by molar-refractivity contribution is 5.94. The molecule has 4 rings (SSSR count). The van der Waals surface area contributed by atoms with Gasteiger partial charge in [0, 0.05) is 25.3 Å². The molecule has 2 aromatic heterocycles. The van der Waals surface area contributed by atoms with E-state index in [-0.39, 0.29) is 23.6 Å². The maximum absolute atomic E-state index is 12.6. The summed E-state index contributed by atoms with van der Waals surface area (Å²) in [5.41, 5.74) is -0.580. The second-order valence-electron chi connectivity index (χ2n) is 7.99. The molecule has 1 saturated carbocycles. The zero-order valence-electron chi connectivity index (χ0n) is 16.8. The van der Waals surface area contributed by atoms with Crippen molar-refractivity contribution in [3.05, 3.63) is 41.5 Å². The van der Waals surface area contributed by atoms with Crippen molar-refractivity contribution in [1.29, 1.82) is 0 Å². The van der Waals surface area contributed by atoms with Crippen molar-refractivity contribution in [2.24, 2.45) is 0 Å². The summed E-state index contributed by atoms with van der Waals surface area (Å²) in [7, 11) is 0. The first-order chi connectivity index (χ1) is 14.8. The molecule has 0 aromatic carbocycles. The monoisotopic (exact) mass is 436 g/mol. The molecule has 1 saturated heterocycles. The lowest BCUT2D eigenvalue weighted by Gasteiger charge is -2.29. The van der Waals surface area contributed by atoms with Crippen molar-refractivity contribution in [3.8, 4) is 0 Å². The summed E-state index contributed by atoms with van der Waals surface area (Å²) in [6.07, 6.45) is 3.01. The van der Waals surface area contributed by atoms with Crippen molar-refractivity contribution in [2.45, 2.75) is 56.8 Å². The normalized spacial score (nSPS) is 21.8. The smallest absolute Gasteiger partial charge is 0.349 e. The summed E-state index contributed by atoms with van der Waals surface area (Å²) in [4.78, 5) is 29.9. The molecule has 0 spiro atoms. The van der Waals surface area contributed by atoms with Crippen LogP contribution in [-0.2, 0) is 6.18 Å². The van der Waals surface area contributed by atoms with Gasteiger partial charge in [-0.3, -0.25) is 14.6 Å². The van der Waals surface area contributed by atoms with Gasteiger partial charge in [0.05, 0.1) is 17.8 Å².